The first-order valence-electron chi connectivity index (χ1n) is 10.7. The van der Waals surface area contributed by atoms with E-state index in [1.54, 1.807) is 0 Å². The minimum absolute atomic E-state index is 0.307. The number of aliphatic imine (C=N–C) groups is 1. The van der Waals surface area contributed by atoms with E-state index in [1.807, 2.05) is 0 Å². The van der Waals surface area contributed by atoms with Gasteiger partial charge in [-0.25, -0.2) is 4.99 Å². The van der Waals surface area contributed by atoms with Crippen molar-refractivity contribution < 1.29 is 9.47 Å². The molecule has 4 rings (SSSR count). The minimum Gasteiger partial charge on any atom is -0.381 e. The summed E-state index contributed by atoms with van der Waals surface area (Å²) in [4.78, 5) is 4.56. The Kier molecular flexibility index (Phi) is 6.80. The van der Waals surface area contributed by atoms with Crippen molar-refractivity contribution in [1.82, 2.24) is 0 Å². The summed E-state index contributed by atoms with van der Waals surface area (Å²) in [6.45, 7) is 2.79. The van der Waals surface area contributed by atoms with E-state index in [0.29, 0.717) is 25.2 Å². The van der Waals surface area contributed by atoms with Gasteiger partial charge >= 0.3 is 0 Å². The van der Waals surface area contributed by atoms with E-state index in [1.165, 1.54) is 29.5 Å². The molecule has 5 nitrogen and oxygen atoms in total. The molecule has 1 heterocycles. The summed E-state index contributed by atoms with van der Waals surface area (Å²) in [5, 5.41) is 3.31. The Bertz CT molecular complexity index is 844. The lowest BCUT2D eigenvalue weighted by Gasteiger charge is -2.22. The van der Waals surface area contributed by atoms with Gasteiger partial charge in [-0.05, 0) is 66.8 Å². The maximum Gasteiger partial charge on any atom is 0.193 e. The first-order valence-corrected chi connectivity index (χ1v) is 10.7. The van der Waals surface area contributed by atoms with Gasteiger partial charge in [0.25, 0.3) is 0 Å². The van der Waals surface area contributed by atoms with E-state index in [4.69, 9.17) is 15.2 Å². The molecule has 0 atom stereocenters. The van der Waals surface area contributed by atoms with Crippen molar-refractivity contribution in [1.29, 1.82) is 0 Å². The van der Waals surface area contributed by atoms with E-state index in [9.17, 15) is 0 Å². The third-order valence-corrected chi connectivity index (χ3v) is 5.74. The predicted octanol–water partition coefficient (Wildman–Crippen LogP) is 4.19. The summed E-state index contributed by atoms with van der Waals surface area (Å²) in [6, 6.07) is 14.8. The maximum absolute atomic E-state index is 6.18. The second-order valence-corrected chi connectivity index (χ2v) is 7.92. The third kappa shape index (κ3) is 5.58. The van der Waals surface area contributed by atoms with Crippen LogP contribution in [0.3, 0.4) is 0 Å². The third-order valence-electron chi connectivity index (χ3n) is 5.74. The Morgan fingerprint density at radius 1 is 1.07 bits per heavy atom. The number of aryl methyl sites for hydroxylation is 1. The molecule has 29 heavy (non-hydrogen) atoms. The van der Waals surface area contributed by atoms with Crippen molar-refractivity contribution in [3.05, 3.63) is 64.7 Å². The van der Waals surface area contributed by atoms with Crippen LogP contribution in [0.5, 0.6) is 0 Å². The summed E-state index contributed by atoms with van der Waals surface area (Å²) >= 11 is 0. The van der Waals surface area contributed by atoms with Gasteiger partial charge in [0.15, 0.2) is 5.96 Å². The zero-order valence-electron chi connectivity index (χ0n) is 17.0. The highest BCUT2D eigenvalue weighted by Gasteiger charge is 2.14. The van der Waals surface area contributed by atoms with Gasteiger partial charge < -0.3 is 20.5 Å². The van der Waals surface area contributed by atoms with Crippen molar-refractivity contribution in [2.45, 2.75) is 57.8 Å². The summed E-state index contributed by atoms with van der Waals surface area (Å²) in [7, 11) is 0. The molecule has 1 aliphatic heterocycles. The van der Waals surface area contributed by atoms with Crippen molar-refractivity contribution in [3.63, 3.8) is 0 Å². The van der Waals surface area contributed by atoms with Crippen molar-refractivity contribution in [2.24, 2.45) is 10.7 Å². The summed E-state index contributed by atoms with van der Waals surface area (Å²) in [5.74, 6) is 0.466. The lowest BCUT2D eigenvalue weighted by molar-refractivity contribution is -0.0390. The van der Waals surface area contributed by atoms with E-state index in [0.717, 1.165) is 50.1 Å². The van der Waals surface area contributed by atoms with Gasteiger partial charge in [-0.15, -0.1) is 0 Å². The Morgan fingerprint density at radius 2 is 1.86 bits per heavy atom. The van der Waals surface area contributed by atoms with Gasteiger partial charge in [0.1, 0.15) is 0 Å². The van der Waals surface area contributed by atoms with Gasteiger partial charge in [-0.2, -0.15) is 0 Å². The molecule has 0 radical (unpaired) electrons. The van der Waals surface area contributed by atoms with Gasteiger partial charge in [0, 0.05) is 18.9 Å². The molecule has 3 N–H and O–H groups in total. The summed E-state index contributed by atoms with van der Waals surface area (Å²) in [6.07, 6.45) is 7.05. The second kappa shape index (κ2) is 9.90. The Morgan fingerprint density at radius 3 is 2.76 bits per heavy atom. The number of nitrogens with one attached hydrogen (secondary N) is 1. The minimum atomic E-state index is 0.307. The number of nitrogens with two attached hydrogens (primary N) is 1. The molecule has 2 aliphatic rings. The van der Waals surface area contributed by atoms with Gasteiger partial charge in [0.05, 0.1) is 19.3 Å². The highest BCUT2D eigenvalue weighted by molar-refractivity contribution is 5.93. The first kappa shape index (κ1) is 19.9. The molecular formula is C24H31N3O2. The fraction of sp³-hybridized carbons (Fsp3) is 0.458. The van der Waals surface area contributed by atoms with Gasteiger partial charge in [-0.3, -0.25) is 0 Å². The molecule has 2 aromatic carbocycles. The van der Waals surface area contributed by atoms with E-state index < -0.39 is 0 Å². The molecule has 1 aliphatic carbocycles. The van der Waals surface area contributed by atoms with Gasteiger partial charge in [-0.1, -0.05) is 36.4 Å². The van der Waals surface area contributed by atoms with E-state index in [-0.39, 0.29) is 0 Å². The molecule has 2 aromatic rings. The number of ether oxygens (including phenoxy) is 2. The zero-order chi connectivity index (χ0) is 19.9. The van der Waals surface area contributed by atoms with Crippen LogP contribution >= 0.6 is 0 Å². The van der Waals surface area contributed by atoms with Crippen LogP contribution in [0.2, 0.25) is 0 Å². The number of rotatable bonds is 6. The summed E-state index contributed by atoms with van der Waals surface area (Å²) < 4.78 is 11.4. The Balaban J connectivity index is 1.34. The average molecular weight is 394 g/mol. The quantitative estimate of drug-likeness (QED) is 0.570. The molecule has 0 spiro atoms. The van der Waals surface area contributed by atoms with E-state index in [2.05, 4.69) is 52.8 Å². The molecule has 1 fully saturated rings. The Labute approximate surface area is 173 Å². The zero-order valence-corrected chi connectivity index (χ0v) is 17.0. The van der Waals surface area contributed by atoms with Crippen LogP contribution < -0.4 is 11.1 Å². The number of fused-ring (bicyclic) bond motifs is 1. The monoisotopic (exact) mass is 393 g/mol. The van der Waals surface area contributed by atoms with Crippen LogP contribution in [0, 0.1) is 0 Å². The van der Waals surface area contributed by atoms with Crippen LogP contribution in [-0.4, -0.2) is 25.3 Å². The number of guanidine groups is 1. The number of hydrogen-bond donors (Lipinski definition) is 2. The molecule has 0 unspecified atom stereocenters. The van der Waals surface area contributed by atoms with Crippen LogP contribution in [0.1, 0.15) is 47.9 Å². The molecule has 0 bridgehead atoms. The predicted molar refractivity (Wildman–Crippen MR) is 117 cm³/mol. The lowest BCUT2D eigenvalue weighted by Crippen LogP contribution is -2.24. The molecule has 154 valence electrons. The summed E-state index contributed by atoms with van der Waals surface area (Å²) in [5.41, 5.74) is 12.4. The first-order chi connectivity index (χ1) is 14.3. The fourth-order valence-corrected chi connectivity index (χ4v) is 4.13. The average Bonchev–Trinajstić information content (AvgIpc) is 2.78. The molecule has 1 saturated heterocycles. The normalized spacial score (nSPS) is 17.7. The fourth-order valence-electron chi connectivity index (χ4n) is 4.13. The smallest absolute Gasteiger partial charge is 0.193 e. The number of hydrogen-bond acceptors (Lipinski definition) is 3. The lowest BCUT2D eigenvalue weighted by atomic mass is 9.90. The maximum atomic E-state index is 6.18. The second-order valence-electron chi connectivity index (χ2n) is 7.92. The number of benzene rings is 2. The van der Waals surface area contributed by atoms with Crippen LogP contribution in [0.15, 0.2) is 47.5 Å². The highest BCUT2D eigenvalue weighted by Crippen LogP contribution is 2.27. The van der Waals surface area contributed by atoms with Crippen LogP contribution in [-0.2, 0) is 35.5 Å². The van der Waals surface area contributed by atoms with Crippen molar-refractivity contribution in [2.75, 3.05) is 18.5 Å². The molecule has 0 amide bonds. The standard InChI is InChI=1S/C24H31N3O2/c25-24(27-23-10-4-8-20-7-1-2-9-22(20)23)26-16-18-5-3-6-19(15-18)17-29-21-11-13-28-14-12-21/h3-6,8,10,15,21H,1-2,7,9,11-14,16-17H2,(H3,25,26,27). The topological polar surface area (TPSA) is 68.9 Å². The number of anilines is 1. The molecule has 0 aromatic heterocycles. The molecule has 0 saturated carbocycles. The highest BCUT2D eigenvalue weighted by atomic mass is 16.5. The SMILES string of the molecule is NC(=NCc1cccc(COC2CCOCC2)c1)Nc1cccc2c1CCCC2. The van der Waals surface area contributed by atoms with Gasteiger partial charge in [0.2, 0.25) is 0 Å². The van der Waals surface area contributed by atoms with Crippen LogP contribution in [0.4, 0.5) is 5.69 Å². The van der Waals surface area contributed by atoms with Crippen LogP contribution in [0.25, 0.3) is 0 Å². The largest absolute Gasteiger partial charge is 0.381 e. The Hall–Kier alpha value is -2.37. The number of nitrogens with zero attached hydrogens (tertiary/aromatic N) is 1. The molecular weight excluding hydrogens is 362 g/mol. The van der Waals surface area contributed by atoms with E-state index >= 15 is 0 Å². The van der Waals surface area contributed by atoms with Crippen molar-refractivity contribution in [3.8, 4) is 0 Å². The molecule has 5 heteroatoms. The van der Waals surface area contributed by atoms with Crippen molar-refractivity contribution >= 4 is 11.6 Å².